The Morgan fingerprint density at radius 2 is 1.88 bits per heavy atom. The molecule has 130 valence electrons. The second-order valence-electron chi connectivity index (χ2n) is 7.13. The number of nitrogens with two attached hydrogens (primary N) is 1. The van der Waals surface area contributed by atoms with Gasteiger partial charge in [-0.3, -0.25) is 0 Å². The number of carbonyl (C=O) groups is 1. The maximum atomic E-state index is 12.1. The van der Waals surface area contributed by atoms with Crippen LogP contribution in [-0.4, -0.2) is 39.7 Å². The molecule has 1 amide bonds. The fourth-order valence-electron chi connectivity index (χ4n) is 2.60. The number of aromatic nitrogens is 2. The molecular formula is C18H26N4O2. The van der Waals surface area contributed by atoms with Gasteiger partial charge >= 0.3 is 6.09 Å². The lowest BCUT2D eigenvalue weighted by atomic mass is 9.97. The SMILES string of the molecule is Cc1nc(C)c(C#CC2CCN(C(=O)OC(C)(C)C)CC2)c(N)n1. The molecule has 1 aliphatic heterocycles. The Morgan fingerprint density at radius 1 is 1.25 bits per heavy atom. The summed E-state index contributed by atoms with van der Waals surface area (Å²) >= 11 is 0. The first-order valence-electron chi connectivity index (χ1n) is 8.26. The smallest absolute Gasteiger partial charge is 0.410 e. The van der Waals surface area contributed by atoms with Crippen molar-refractivity contribution in [3.05, 3.63) is 17.1 Å². The summed E-state index contributed by atoms with van der Waals surface area (Å²) in [6.45, 7) is 10.6. The molecule has 0 unspecified atom stereocenters. The largest absolute Gasteiger partial charge is 0.444 e. The minimum absolute atomic E-state index is 0.240. The van der Waals surface area contributed by atoms with Crippen molar-refractivity contribution >= 4 is 11.9 Å². The first-order valence-corrected chi connectivity index (χ1v) is 8.26. The Morgan fingerprint density at radius 3 is 2.42 bits per heavy atom. The number of piperidine rings is 1. The van der Waals surface area contributed by atoms with Gasteiger partial charge in [0.25, 0.3) is 0 Å². The van der Waals surface area contributed by atoms with E-state index in [9.17, 15) is 4.79 Å². The predicted octanol–water partition coefficient (Wildman–Crippen LogP) is 2.67. The van der Waals surface area contributed by atoms with Crippen LogP contribution in [-0.2, 0) is 4.74 Å². The topological polar surface area (TPSA) is 81.3 Å². The van der Waals surface area contributed by atoms with Crippen LogP contribution in [0.3, 0.4) is 0 Å². The molecule has 0 bridgehead atoms. The summed E-state index contributed by atoms with van der Waals surface area (Å²) in [5.74, 6) is 7.71. The molecule has 0 atom stereocenters. The number of aryl methyl sites for hydroxylation is 2. The number of ether oxygens (including phenoxy) is 1. The number of hydrogen-bond acceptors (Lipinski definition) is 5. The lowest BCUT2D eigenvalue weighted by Crippen LogP contribution is -2.41. The van der Waals surface area contributed by atoms with Crippen molar-refractivity contribution in [2.45, 2.75) is 53.1 Å². The van der Waals surface area contributed by atoms with Crippen LogP contribution in [0.5, 0.6) is 0 Å². The summed E-state index contributed by atoms with van der Waals surface area (Å²) in [5, 5.41) is 0. The van der Waals surface area contributed by atoms with E-state index in [4.69, 9.17) is 10.5 Å². The Balaban J connectivity index is 1.96. The van der Waals surface area contributed by atoms with Crippen LogP contribution in [0.1, 0.15) is 50.7 Å². The minimum atomic E-state index is -0.464. The van der Waals surface area contributed by atoms with Gasteiger partial charge in [-0.1, -0.05) is 11.8 Å². The average molecular weight is 330 g/mol. The summed E-state index contributed by atoms with van der Waals surface area (Å²) in [5.41, 5.74) is 6.98. The number of nitrogen functional groups attached to an aromatic ring is 1. The van der Waals surface area contributed by atoms with E-state index >= 15 is 0 Å². The van der Waals surface area contributed by atoms with Crippen LogP contribution in [0.4, 0.5) is 10.6 Å². The number of rotatable bonds is 0. The third kappa shape index (κ3) is 4.85. The van der Waals surface area contributed by atoms with Crippen molar-refractivity contribution < 1.29 is 9.53 Å². The fraction of sp³-hybridized carbons (Fsp3) is 0.611. The molecule has 6 heteroatoms. The zero-order valence-electron chi connectivity index (χ0n) is 15.1. The second-order valence-corrected chi connectivity index (χ2v) is 7.13. The summed E-state index contributed by atoms with van der Waals surface area (Å²) in [7, 11) is 0. The van der Waals surface area contributed by atoms with Crippen LogP contribution in [0.25, 0.3) is 0 Å². The van der Waals surface area contributed by atoms with E-state index in [1.807, 2.05) is 34.6 Å². The van der Waals surface area contributed by atoms with Crippen LogP contribution in [0.2, 0.25) is 0 Å². The summed E-state index contributed by atoms with van der Waals surface area (Å²) < 4.78 is 5.40. The molecule has 0 saturated carbocycles. The highest BCUT2D eigenvalue weighted by Gasteiger charge is 2.26. The van der Waals surface area contributed by atoms with Gasteiger partial charge in [-0.2, -0.15) is 0 Å². The van der Waals surface area contributed by atoms with E-state index in [0.29, 0.717) is 30.3 Å². The molecule has 2 N–H and O–H groups in total. The van der Waals surface area contributed by atoms with Crippen molar-refractivity contribution in [2.75, 3.05) is 18.8 Å². The third-order valence-electron chi connectivity index (χ3n) is 3.78. The van der Waals surface area contributed by atoms with Gasteiger partial charge in [-0.15, -0.1) is 0 Å². The van der Waals surface area contributed by atoms with Crippen molar-refractivity contribution in [1.29, 1.82) is 0 Å². The molecule has 0 aromatic carbocycles. The summed E-state index contributed by atoms with van der Waals surface area (Å²) in [6, 6.07) is 0. The van der Waals surface area contributed by atoms with Crippen molar-refractivity contribution in [3.8, 4) is 11.8 Å². The molecule has 2 rings (SSSR count). The Bertz CT molecular complexity index is 651. The Labute approximate surface area is 143 Å². The van der Waals surface area contributed by atoms with E-state index in [1.165, 1.54) is 0 Å². The van der Waals surface area contributed by atoms with E-state index in [2.05, 4.69) is 21.8 Å². The first-order chi connectivity index (χ1) is 11.2. The highest BCUT2D eigenvalue weighted by molar-refractivity contribution is 5.68. The fourth-order valence-corrected chi connectivity index (χ4v) is 2.60. The normalized spacial score (nSPS) is 15.6. The third-order valence-corrected chi connectivity index (χ3v) is 3.78. The van der Waals surface area contributed by atoms with Crippen molar-refractivity contribution in [3.63, 3.8) is 0 Å². The number of anilines is 1. The van der Waals surface area contributed by atoms with E-state index in [-0.39, 0.29) is 12.0 Å². The van der Waals surface area contributed by atoms with Crippen LogP contribution in [0, 0.1) is 31.6 Å². The monoisotopic (exact) mass is 330 g/mol. The molecule has 24 heavy (non-hydrogen) atoms. The molecule has 1 aromatic rings. The van der Waals surface area contributed by atoms with Crippen LogP contribution >= 0.6 is 0 Å². The first kappa shape index (κ1) is 18.1. The number of nitrogens with zero attached hydrogens (tertiary/aromatic N) is 3. The summed E-state index contributed by atoms with van der Waals surface area (Å²) in [4.78, 5) is 22.3. The molecule has 1 aromatic heterocycles. The maximum Gasteiger partial charge on any atom is 0.410 e. The van der Waals surface area contributed by atoms with Crippen LogP contribution < -0.4 is 5.73 Å². The Kier molecular flexibility index (Phi) is 5.33. The maximum absolute atomic E-state index is 12.1. The zero-order valence-corrected chi connectivity index (χ0v) is 15.1. The molecular weight excluding hydrogens is 304 g/mol. The number of hydrogen-bond donors (Lipinski definition) is 1. The Hall–Kier alpha value is -2.29. The van der Waals surface area contributed by atoms with Gasteiger partial charge in [-0.05, 0) is 47.5 Å². The summed E-state index contributed by atoms with van der Waals surface area (Å²) in [6.07, 6.45) is 1.41. The van der Waals surface area contributed by atoms with Gasteiger partial charge in [0.15, 0.2) is 0 Å². The second kappa shape index (κ2) is 7.08. The van der Waals surface area contributed by atoms with E-state index in [1.54, 1.807) is 4.90 Å². The van der Waals surface area contributed by atoms with E-state index in [0.717, 1.165) is 18.5 Å². The van der Waals surface area contributed by atoms with Crippen molar-refractivity contribution in [1.82, 2.24) is 14.9 Å². The lowest BCUT2D eigenvalue weighted by Gasteiger charge is -2.31. The molecule has 0 radical (unpaired) electrons. The molecule has 6 nitrogen and oxygen atoms in total. The standard InChI is InChI=1S/C18H26N4O2/c1-12-15(16(19)21-13(2)20-12)7-6-14-8-10-22(11-9-14)17(23)24-18(3,4)5/h14H,8-11H2,1-5H3,(H2,19,20,21). The lowest BCUT2D eigenvalue weighted by molar-refractivity contribution is 0.0199. The van der Waals surface area contributed by atoms with Gasteiger partial charge in [0.2, 0.25) is 0 Å². The number of likely N-dealkylation sites (tertiary alicyclic amines) is 1. The highest BCUT2D eigenvalue weighted by atomic mass is 16.6. The van der Waals surface area contributed by atoms with Crippen LogP contribution in [0.15, 0.2) is 0 Å². The minimum Gasteiger partial charge on any atom is -0.444 e. The molecule has 0 aliphatic carbocycles. The zero-order chi connectivity index (χ0) is 17.9. The van der Waals surface area contributed by atoms with Gasteiger partial charge < -0.3 is 15.4 Å². The van der Waals surface area contributed by atoms with Gasteiger partial charge in [0.1, 0.15) is 17.2 Å². The number of amides is 1. The highest BCUT2D eigenvalue weighted by Crippen LogP contribution is 2.20. The predicted molar refractivity (Wildman–Crippen MR) is 93.3 cm³/mol. The molecule has 0 spiro atoms. The number of carbonyl (C=O) groups excluding carboxylic acids is 1. The van der Waals surface area contributed by atoms with Gasteiger partial charge in [0.05, 0.1) is 11.3 Å². The quantitative estimate of drug-likeness (QED) is 0.740. The van der Waals surface area contributed by atoms with Crippen molar-refractivity contribution in [2.24, 2.45) is 5.92 Å². The van der Waals surface area contributed by atoms with E-state index < -0.39 is 5.60 Å². The molecule has 1 fully saturated rings. The molecule has 1 aliphatic rings. The average Bonchev–Trinajstić information content (AvgIpc) is 2.45. The van der Waals surface area contributed by atoms with Gasteiger partial charge in [0, 0.05) is 19.0 Å². The molecule has 1 saturated heterocycles. The molecule has 2 heterocycles. The van der Waals surface area contributed by atoms with Gasteiger partial charge in [-0.25, -0.2) is 14.8 Å².